The lowest BCUT2D eigenvalue weighted by Gasteiger charge is -2.22. The lowest BCUT2D eigenvalue weighted by molar-refractivity contribution is 0.437. The number of hydrogen-bond acceptors (Lipinski definition) is 5. The summed E-state index contributed by atoms with van der Waals surface area (Å²) in [5.74, 6) is -1.16. The second-order valence-electron chi connectivity index (χ2n) is 7.27. The van der Waals surface area contributed by atoms with E-state index in [0.717, 1.165) is 6.07 Å². The van der Waals surface area contributed by atoms with Gasteiger partial charge in [0.2, 0.25) is 11.1 Å². The Labute approximate surface area is 184 Å². The van der Waals surface area contributed by atoms with E-state index >= 15 is 4.39 Å². The van der Waals surface area contributed by atoms with Crippen molar-refractivity contribution in [2.45, 2.75) is 12.5 Å². The third-order valence-corrected chi connectivity index (χ3v) is 5.73. The number of fused-ring (bicyclic) bond motifs is 2. The van der Waals surface area contributed by atoms with Crippen molar-refractivity contribution >= 4 is 51.7 Å². The first-order valence-electron chi connectivity index (χ1n) is 9.21. The van der Waals surface area contributed by atoms with Gasteiger partial charge < -0.3 is 15.2 Å². The molecule has 1 aliphatic heterocycles. The van der Waals surface area contributed by atoms with E-state index in [4.69, 9.17) is 21.9 Å². The SMILES string of the molecule is Cl.NC1CCN(c2c(F)cc3c(=O)c4c(=O)[nH]oc4n(-c4ccc(F)cc4)c3c2Cl)C1. The molecule has 162 valence electrons. The molecule has 2 aromatic heterocycles. The molecule has 7 nitrogen and oxygen atoms in total. The Morgan fingerprint density at radius 1 is 1.19 bits per heavy atom. The summed E-state index contributed by atoms with van der Waals surface area (Å²) in [4.78, 5) is 26.9. The Kier molecular flexibility index (Phi) is 5.28. The van der Waals surface area contributed by atoms with Crippen molar-refractivity contribution < 1.29 is 13.3 Å². The van der Waals surface area contributed by atoms with Crippen molar-refractivity contribution in [3.05, 3.63) is 67.6 Å². The van der Waals surface area contributed by atoms with E-state index in [9.17, 15) is 14.0 Å². The van der Waals surface area contributed by atoms with Gasteiger partial charge >= 0.3 is 0 Å². The van der Waals surface area contributed by atoms with Gasteiger partial charge in [0.1, 0.15) is 11.6 Å². The van der Waals surface area contributed by atoms with Crippen LogP contribution >= 0.6 is 24.0 Å². The highest BCUT2D eigenvalue weighted by atomic mass is 35.5. The van der Waals surface area contributed by atoms with Gasteiger partial charge in [-0.15, -0.1) is 12.4 Å². The minimum Gasteiger partial charge on any atom is -0.366 e. The number of hydrogen-bond donors (Lipinski definition) is 2. The molecule has 0 spiro atoms. The van der Waals surface area contributed by atoms with Crippen molar-refractivity contribution in [2.24, 2.45) is 5.73 Å². The number of nitrogens with zero attached hydrogens (tertiary/aromatic N) is 2. The number of nitrogens with two attached hydrogens (primary N) is 1. The van der Waals surface area contributed by atoms with Crippen LogP contribution in [-0.2, 0) is 0 Å². The third kappa shape index (κ3) is 3.20. The fourth-order valence-corrected chi connectivity index (χ4v) is 4.39. The number of aromatic amines is 1. The topological polar surface area (TPSA) is 97.3 Å². The van der Waals surface area contributed by atoms with Gasteiger partial charge in [0, 0.05) is 24.8 Å². The number of H-pyrrole nitrogens is 1. The predicted octanol–water partition coefficient (Wildman–Crippen LogP) is 3.32. The molecular formula is C20H16Cl2F2N4O3. The second kappa shape index (κ2) is 7.67. The van der Waals surface area contributed by atoms with E-state index in [1.807, 2.05) is 0 Å². The zero-order valence-electron chi connectivity index (χ0n) is 15.8. The fraction of sp³-hybridized carbons (Fsp3) is 0.200. The Bertz CT molecular complexity index is 1430. The molecule has 2 aromatic carbocycles. The highest BCUT2D eigenvalue weighted by Crippen LogP contribution is 2.38. The minimum atomic E-state index is -0.751. The Balaban J connectivity index is 0.00000231. The van der Waals surface area contributed by atoms with Gasteiger partial charge in [-0.2, -0.15) is 5.16 Å². The number of aromatic nitrogens is 2. The number of pyridine rings is 1. The van der Waals surface area contributed by atoms with Crippen LogP contribution in [0.3, 0.4) is 0 Å². The van der Waals surface area contributed by atoms with Gasteiger partial charge in [-0.1, -0.05) is 11.6 Å². The molecule has 31 heavy (non-hydrogen) atoms. The number of anilines is 1. The molecule has 1 atom stereocenters. The van der Waals surface area contributed by atoms with Crippen molar-refractivity contribution in [3.63, 3.8) is 0 Å². The number of halogens is 4. The van der Waals surface area contributed by atoms with E-state index in [0.29, 0.717) is 25.2 Å². The second-order valence-corrected chi connectivity index (χ2v) is 7.64. The van der Waals surface area contributed by atoms with Crippen LogP contribution in [0.2, 0.25) is 5.02 Å². The van der Waals surface area contributed by atoms with Gasteiger partial charge in [-0.05, 0) is 36.8 Å². The Morgan fingerprint density at radius 2 is 1.90 bits per heavy atom. The first-order chi connectivity index (χ1) is 14.4. The summed E-state index contributed by atoms with van der Waals surface area (Å²) in [6.07, 6.45) is 0.671. The van der Waals surface area contributed by atoms with E-state index in [1.54, 1.807) is 4.90 Å². The maximum atomic E-state index is 15.1. The zero-order valence-corrected chi connectivity index (χ0v) is 17.4. The van der Waals surface area contributed by atoms with Crippen LogP contribution in [-0.4, -0.2) is 28.9 Å². The van der Waals surface area contributed by atoms with Gasteiger partial charge in [0.25, 0.3) is 5.56 Å². The quantitative estimate of drug-likeness (QED) is 0.470. The molecule has 0 amide bonds. The van der Waals surface area contributed by atoms with Crippen molar-refractivity contribution in [1.82, 2.24) is 9.72 Å². The molecule has 1 fully saturated rings. The lowest BCUT2D eigenvalue weighted by Crippen LogP contribution is -2.27. The van der Waals surface area contributed by atoms with Crippen LogP contribution in [0.15, 0.2) is 44.4 Å². The molecule has 1 unspecified atom stereocenters. The summed E-state index contributed by atoms with van der Waals surface area (Å²) >= 11 is 6.65. The third-order valence-electron chi connectivity index (χ3n) is 5.37. The molecule has 11 heteroatoms. The average Bonchev–Trinajstić information content (AvgIpc) is 3.30. The van der Waals surface area contributed by atoms with E-state index in [2.05, 4.69) is 5.16 Å². The van der Waals surface area contributed by atoms with Crippen molar-refractivity contribution in [2.75, 3.05) is 18.0 Å². The number of benzene rings is 2. The smallest absolute Gasteiger partial charge is 0.293 e. The first-order valence-corrected chi connectivity index (χ1v) is 9.59. The van der Waals surface area contributed by atoms with Crippen LogP contribution in [0, 0.1) is 11.6 Å². The van der Waals surface area contributed by atoms with Gasteiger partial charge in [0.05, 0.1) is 21.6 Å². The van der Waals surface area contributed by atoms with Gasteiger partial charge in [0.15, 0.2) is 5.39 Å². The Morgan fingerprint density at radius 3 is 2.55 bits per heavy atom. The number of rotatable bonds is 2. The average molecular weight is 469 g/mol. The molecule has 3 heterocycles. The molecule has 1 aliphatic rings. The summed E-state index contributed by atoms with van der Waals surface area (Å²) in [5.41, 5.74) is 5.05. The molecule has 0 bridgehead atoms. The molecule has 1 saturated heterocycles. The summed E-state index contributed by atoms with van der Waals surface area (Å²) in [7, 11) is 0. The van der Waals surface area contributed by atoms with Crippen LogP contribution in [0.1, 0.15) is 6.42 Å². The van der Waals surface area contributed by atoms with Crippen molar-refractivity contribution in [1.29, 1.82) is 0 Å². The van der Waals surface area contributed by atoms with E-state index < -0.39 is 22.6 Å². The van der Waals surface area contributed by atoms with Crippen LogP contribution < -0.4 is 21.6 Å². The first kappa shape index (κ1) is 21.4. The molecule has 0 aliphatic carbocycles. The molecule has 3 N–H and O–H groups in total. The molecule has 4 aromatic rings. The summed E-state index contributed by atoms with van der Waals surface area (Å²) in [6.45, 7) is 0.913. The standard InChI is InChI=1S/C20H15ClF2N4O3.ClH/c21-15-16-12(7-13(23)17(15)26-6-5-10(24)8-26)18(28)14-19(29)25-30-20(14)27(16)11-3-1-9(22)2-4-11;/h1-4,7,10H,5-6,8,24H2,(H,25,29);1H. The van der Waals surface area contributed by atoms with E-state index in [1.165, 1.54) is 28.8 Å². The highest BCUT2D eigenvalue weighted by Gasteiger charge is 2.29. The summed E-state index contributed by atoms with van der Waals surface area (Å²) in [5, 5.41) is 1.74. The summed E-state index contributed by atoms with van der Waals surface area (Å²) in [6, 6.07) is 6.25. The van der Waals surface area contributed by atoms with Crippen LogP contribution in [0.4, 0.5) is 14.5 Å². The molecule has 0 saturated carbocycles. The molecule has 0 radical (unpaired) electrons. The van der Waals surface area contributed by atoms with Gasteiger partial charge in [-0.3, -0.25) is 14.2 Å². The summed E-state index contributed by atoms with van der Waals surface area (Å²) < 4.78 is 35.3. The maximum absolute atomic E-state index is 15.1. The fourth-order valence-electron chi connectivity index (χ4n) is 3.99. The number of nitrogens with one attached hydrogen (secondary N) is 1. The minimum absolute atomic E-state index is 0. The Hall–Kier alpha value is -2.88. The monoisotopic (exact) mass is 468 g/mol. The predicted molar refractivity (Wildman–Crippen MR) is 117 cm³/mol. The van der Waals surface area contributed by atoms with Crippen LogP contribution in [0.25, 0.3) is 27.7 Å². The highest BCUT2D eigenvalue weighted by molar-refractivity contribution is 6.38. The van der Waals surface area contributed by atoms with Crippen molar-refractivity contribution in [3.8, 4) is 5.69 Å². The maximum Gasteiger partial charge on any atom is 0.293 e. The van der Waals surface area contributed by atoms with E-state index in [-0.39, 0.29) is 51.2 Å². The van der Waals surface area contributed by atoms with Crippen LogP contribution in [0.5, 0.6) is 0 Å². The molecule has 5 rings (SSSR count). The zero-order chi connectivity index (χ0) is 21.2. The largest absolute Gasteiger partial charge is 0.366 e. The van der Waals surface area contributed by atoms with Gasteiger partial charge in [-0.25, -0.2) is 8.78 Å². The molecular weight excluding hydrogens is 453 g/mol. The lowest BCUT2D eigenvalue weighted by atomic mass is 10.1. The normalized spacial score (nSPS) is 16.3.